The summed E-state index contributed by atoms with van der Waals surface area (Å²) in [6.45, 7) is 6.36. The zero-order valence-electron chi connectivity index (χ0n) is 19.6. The van der Waals surface area contributed by atoms with Crippen molar-refractivity contribution in [3.8, 4) is 5.75 Å². The average molecular weight is 446 g/mol. The van der Waals surface area contributed by atoms with Gasteiger partial charge in [0.05, 0.1) is 30.9 Å². The predicted octanol–water partition coefficient (Wildman–Crippen LogP) is 4.79. The van der Waals surface area contributed by atoms with Gasteiger partial charge in [0, 0.05) is 18.5 Å². The van der Waals surface area contributed by atoms with Crippen LogP contribution in [0.3, 0.4) is 0 Å². The number of allylic oxidation sites excluding steroid dienone is 1. The molecule has 2 aliphatic heterocycles. The molecule has 32 heavy (non-hydrogen) atoms. The molecule has 1 unspecified atom stereocenters. The summed E-state index contributed by atoms with van der Waals surface area (Å²) >= 11 is 0. The Morgan fingerprint density at radius 3 is 2.72 bits per heavy atom. The quantitative estimate of drug-likeness (QED) is 0.494. The van der Waals surface area contributed by atoms with Crippen LogP contribution in [0.5, 0.6) is 5.75 Å². The van der Waals surface area contributed by atoms with Gasteiger partial charge in [0.15, 0.2) is 0 Å². The van der Waals surface area contributed by atoms with E-state index in [2.05, 4.69) is 6.08 Å². The summed E-state index contributed by atoms with van der Waals surface area (Å²) < 4.78 is 16.6. The summed E-state index contributed by atoms with van der Waals surface area (Å²) in [4.78, 5) is 26.8. The Kier molecular flexibility index (Phi) is 7.49. The van der Waals surface area contributed by atoms with Crippen LogP contribution in [0.4, 0.5) is 4.79 Å². The first kappa shape index (κ1) is 24.1. The summed E-state index contributed by atoms with van der Waals surface area (Å²) in [6.07, 6.45) is 7.81. The van der Waals surface area contributed by atoms with Gasteiger partial charge < -0.3 is 24.2 Å². The summed E-state index contributed by atoms with van der Waals surface area (Å²) in [5.41, 5.74) is -0.436. The second-order valence-corrected chi connectivity index (χ2v) is 9.63. The molecule has 1 aromatic carbocycles. The molecule has 0 aliphatic carbocycles. The molecule has 1 saturated heterocycles. The first-order chi connectivity index (χ1) is 15.1. The van der Waals surface area contributed by atoms with Gasteiger partial charge in [0.25, 0.3) is 0 Å². The monoisotopic (exact) mass is 445 g/mol. The number of carbonyl (C=O) groups is 2. The minimum Gasteiger partial charge on any atom is -0.493 e. The number of piperidine rings is 1. The lowest BCUT2D eigenvalue weighted by atomic mass is 9.81. The molecular weight excluding hydrogens is 410 g/mol. The molecule has 2 atom stereocenters. The zero-order valence-corrected chi connectivity index (χ0v) is 19.6. The highest BCUT2D eigenvalue weighted by molar-refractivity contribution is 5.90. The fourth-order valence-electron chi connectivity index (χ4n) is 4.21. The largest absolute Gasteiger partial charge is 0.493 e. The number of hydrogen-bond donors (Lipinski definition) is 1. The minimum atomic E-state index is -0.938. The lowest BCUT2D eigenvalue weighted by Gasteiger charge is -2.44. The zero-order chi connectivity index (χ0) is 23.4. The van der Waals surface area contributed by atoms with E-state index in [4.69, 9.17) is 14.2 Å². The lowest BCUT2D eigenvalue weighted by Crippen LogP contribution is -2.49. The molecule has 0 spiro atoms. The van der Waals surface area contributed by atoms with Crippen molar-refractivity contribution in [3.05, 3.63) is 41.5 Å². The maximum absolute atomic E-state index is 13.1. The maximum Gasteiger partial charge on any atom is 0.410 e. The minimum absolute atomic E-state index is 0.352. The molecule has 2 bridgehead atoms. The molecule has 7 heteroatoms. The van der Waals surface area contributed by atoms with E-state index in [0.29, 0.717) is 43.7 Å². The highest BCUT2D eigenvalue weighted by atomic mass is 16.6. The second kappa shape index (κ2) is 9.94. The van der Waals surface area contributed by atoms with Crippen LogP contribution in [0, 0.1) is 0 Å². The van der Waals surface area contributed by atoms with Crippen LogP contribution in [-0.2, 0) is 9.47 Å². The molecule has 1 fully saturated rings. The highest BCUT2D eigenvalue weighted by Gasteiger charge is 2.42. The van der Waals surface area contributed by atoms with Crippen molar-refractivity contribution >= 4 is 12.1 Å². The molecule has 0 aromatic heterocycles. The first-order valence-corrected chi connectivity index (χ1v) is 11.3. The van der Waals surface area contributed by atoms with Gasteiger partial charge in [-0.25, -0.2) is 9.59 Å². The number of rotatable bonds is 1. The molecule has 1 N–H and O–H groups in total. The number of likely N-dealkylation sites (tertiary alicyclic amines) is 1. The number of aliphatic hydroxyl groups is 1. The normalized spacial score (nSPS) is 25.2. The van der Waals surface area contributed by atoms with Gasteiger partial charge in [-0.15, -0.1) is 0 Å². The molecule has 0 radical (unpaired) electrons. The summed E-state index contributed by atoms with van der Waals surface area (Å²) in [6, 6.07) is 4.69. The number of benzene rings is 1. The fourth-order valence-corrected chi connectivity index (χ4v) is 4.21. The number of carbonyl (C=O) groups excluding carboxylic acids is 2. The topological polar surface area (TPSA) is 85.3 Å². The molecule has 3 rings (SSSR count). The standard InChI is InChI=1S/C25H35NO6/c1-24(2,3)32-23(28)26-14-13-25(29)12-8-6-5-7-9-15-31-21-16-18(22(27)30-4)10-11-19(21)20(26)17-25/h6,8,10-11,16,20,29H,5,7,9,12-15,17H2,1-4H3/b8-6+/t20-,25?/m0/s1. The Balaban J connectivity index is 2.04. The summed E-state index contributed by atoms with van der Waals surface area (Å²) in [5.74, 6) is 0.0792. The highest BCUT2D eigenvalue weighted by Crippen LogP contribution is 2.43. The van der Waals surface area contributed by atoms with Crippen LogP contribution in [0.15, 0.2) is 30.4 Å². The predicted molar refractivity (Wildman–Crippen MR) is 121 cm³/mol. The Morgan fingerprint density at radius 1 is 1.22 bits per heavy atom. The number of hydrogen-bond acceptors (Lipinski definition) is 6. The Labute approximate surface area is 190 Å². The third-order valence-electron chi connectivity index (χ3n) is 5.88. The van der Waals surface area contributed by atoms with E-state index in [9.17, 15) is 14.7 Å². The Hall–Kier alpha value is -2.54. The smallest absolute Gasteiger partial charge is 0.410 e. The van der Waals surface area contributed by atoms with Crippen molar-refractivity contribution in [1.82, 2.24) is 4.90 Å². The van der Waals surface area contributed by atoms with E-state index in [0.717, 1.165) is 24.8 Å². The third kappa shape index (κ3) is 6.03. The van der Waals surface area contributed by atoms with Crippen molar-refractivity contribution in [2.24, 2.45) is 0 Å². The molecule has 0 saturated carbocycles. The molecule has 176 valence electrons. The van der Waals surface area contributed by atoms with Crippen LogP contribution in [0.25, 0.3) is 0 Å². The molecule has 2 heterocycles. The fraction of sp³-hybridized carbons (Fsp3) is 0.600. The van der Waals surface area contributed by atoms with E-state index in [-0.39, 0.29) is 0 Å². The van der Waals surface area contributed by atoms with Crippen molar-refractivity contribution < 1.29 is 28.9 Å². The molecule has 2 aliphatic rings. The van der Waals surface area contributed by atoms with Crippen LogP contribution in [0.2, 0.25) is 0 Å². The Bertz CT molecular complexity index is 858. The third-order valence-corrected chi connectivity index (χ3v) is 5.88. The van der Waals surface area contributed by atoms with Crippen molar-refractivity contribution in [2.45, 2.75) is 76.5 Å². The van der Waals surface area contributed by atoms with Crippen LogP contribution >= 0.6 is 0 Å². The maximum atomic E-state index is 13.1. The van der Waals surface area contributed by atoms with E-state index in [1.54, 1.807) is 23.1 Å². The van der Waals surface area contributed by atoms with E-state index >= 15 is 0 Å². The number of ether oxygens (including phenoxy) is 3. The molecule has 1 aromatic rings. The molecule has 1 amide bonds. The number of esters is 1. The van der Waals surface area contributed by atoms with Gasteiger partial charge in [-0.05, 0) is 65.0 Å². The number of fused-ring (bicyclic) bond motifs is 4. The number of methoxy groups -OCH3 is 1. The summed E-state index contributed by atoms with van der Waals surface area (Å²) in [7, 11) is 1.34. The van der Waals surface area contributed by atoms with Gasteiger partial charge in [-0.2, -0.15) is 0 Å². The summed E-state index contributed by atoms with van der Waals surface area (Å²) in [5, 5.41) is 11.3. The van der Waals surface area contributed by atoms with Crippen LogP contribution in [0.1, 0.15) is 81.3 Å². The van der Waals surface area contributed by atoms with E-state index in [1.165, 1.54) is 7.11 Å². The van der Waals surface area contributed by atoms with Gasteiger partial charge in [0.2, 0.25) is 0 Å². The lowest BCUT2D eigenvalue weighted by molar-refractivity contribution is -0.0539. The van der Waals surface area contributed by atoms with Gasteiger partial charge in [-0.3, -0.25) is 0 Å². The van der Waals surface area contributed by atoms with Crippen LogP contribution < -0.4 is 4.74 Å². The van der Waals surface area contributed by atoms with Crippen molar-refractivity contribution in [1.29, 1.82) is 0 Å². The van der Waals surface area contributed by atoms with E-state index < -0.39 is 29.3 Å². The molecular formula is C25H35NO6. The van der Waals surface area contributed by atoms with E-state index in [1.807, 2.05) is 26.8 Å². The van der Waals surface area contributed by atoms with Crippen molar-refractivity contribution in [3.63, 3.8) is 0 Å². The number of amides is 1. The number of nitrogens with zero attached hydrogens (tertiary/aromatic N) is 1. The van der Waals surface area contributed by atoms with Gasteiger partial charge >= 0.3 is 12.1 Å². The first-order valence-electron chi connectivity index (χ1n) is 11.3. The second-order valence-electron chi connectivity index (χ2n) is 9.63. The Morgan fingerprint density at radius 2 is 2.00 bits per heavy atom. The van der Waals surface area contributed by atoms with Crippen molar-refractivity contribution in [2.75, 3.05) is 20.3 Å². The molecule has 7 nitrogen and oxygen atoms in total. The van der Waals surface area contributed by atoms with Crippen LogP contribution in [-0.4, -0.2) is 53.5 Å². The average Bonchev–Trinajstić information content (AvgIpc) is 2.73. The van der Waals surface area contributed by atoms with Gasteiger partial charge in [0.1, 0.15) is 11.4 Å². The SMILES string of the molecule is COC(=O)c1ccc2c(c1)OCCCC/C=C/CC1(O)CCN(C(=O)OC(C)(C)C)[C@H]2C1. The van der Waals surface area contributed by atoms with Gasteiger partial charge in [-0.1, -0.05) is 18.2 Å².